The molecule has 134 valence electrons. The molecule has 0 saturated carbocycles. The van der Waals surface area contributed by atoms with Gasteiger partial charge in [-0.05, 0) is 37.8 Å². The number of carbonyl (C=O) groups is 2. The highest BCUT2D eigenvalue weighted by atomic mass is 32.2. The van der Waals surface area contributed by atoms with Gasteiger partial charge in [0.2, 0.25) is 5.91 Å². The van der Waals surface area contributed by atoms with Crippen molar-refractivity contribution in [3.63, 3.8) is 0 Å². The molecule has 2 rings (SSSR count). The van der Waals surface area contributed by atoms with Gasteiger partial charge in [-0.15, -0.1) is 11.3 Å². The molecule has 1 aromatic heterocycles. The van der Waals surface area contributed by atoms with Crippen molar-refractivity contribution >= 4 is 40.0 Å². The highest BCUT2D eigenvalue weighted by molar-refractivity contribution is 7.98. The molecule has 6 heteroatoms. The smallest absolute Gasteiger partial charge is 0.341 e. The minimum Gasteiger partial charge on any atom is -0.462 e. The van der Waals surface area contributed by atoms with Gasteiger partial charge in [0, 0.05) is 17.4 Å². The van der Waals surface area contributed by atoms with Crippen LogP contribution in [-0.2, 0) is 9.53 Å². The average molecular weight is 378 g/mol. The number of ether oxygens (including phenoxy) is 1. The van der Waals surface area contributed by atoms with Crippen molar-refractivity contribution in [2.24, 2.45) is 0 Å². The quantitative estimate of drug-likeness (QED) is 0.520. The highest BCUT2D eigenvalue weighted by Gasteiger charge is 2.22. The molecular weight excluding hydrogens is 354 g/mol. The van der Waals surface area contributed by atoms with E-state index in [0.29, 0.717) is 23.6 Å². The molecule has 1 aromatic carbocycles. The molecule has 0 aliphatic carbocycles. The number of thioether (sulfide) groups is 1. The third-order valence-corrected chi connectivity index (χ3v) is 5.23. The largest absolute Gasteiger partial charge is 0.462 e. The predicted molar refractivity (Wildman–Crippen MR) is 107 cm³/mol. The van der Waals surface area contributed by atoms with Crippen LogP contribution in [0, 0.1) is 6.92 Å². The Morgan fingerprint density at radius 3 is 2.60 bits per heavy atom. The molecule has 0 aliphatic rings. The minimum absolute atomic E-state index is 0.0723. The molecular formula is C19H23NO3S2. The van der Waals surface area contributed by atoms with Crippen molar-refractivity contribution in [2.45, 2.75) is 26.7 Å². The molecule has 0 bridgehead atoms. The molecule has 0 aliphatic heterocycles. The van der Waals surface area contributed by atoms with Gasteiger partial charge in [0.1, 0.15) is 10.6 Å². The molecule has 1 amide bonds. The molecule has 0 spiro atoms. The van der Waals surface area contributed by atoms with Gasteiger partial charge in [-0.1, -0.05) is 29.8 Å². The summed E-state index contributed by atoms with van der Waals surface area (Å²) >= 11 is 3.07. The van der Waals surface area contributed by atoms with Gasteiger partial charge in [0.25, 0.3) is 0 Å². The van der Waals surface area contributed by atoms with E-state index in [9.17, 15) is 9.59 Å². The van der Waals surface area contributed by atoms with E-state index in [1.807, 2.05) is 42.8 Å². The minimum atomic E-state index is -0.404. The van der Waals surface area contributed by atoms with Crippen LogP contribution in [0.25, 0.3) is 11.1 Å². The summed E-state index contributed by atoms with van der Waals surface area (Å²) in [4.78, 5) is 24.6. The number of anilines is 1. The maximum Gasteiger partial charge on any atom is 0.341 e. The van der Waals surface area contributed by atoms with Gasteiger partial charge in [-0.3, -0.25) is 4.79 Å². The SMILES string of the molecule is CCOC(=O)c1c(-c2ccc(C)cc2)csc1NC(=O)CCCSC. The lowest BCUT2D eigenvalue weighted by atomic mass is 10.0. The number of carbonyl (C=O) groups excluding carboxylic acids is 2. The monoisotopic (exact) mass is 377 g/mol. The van der Waals surface area contributed by atoms with Crippen LogP contribution in [0.2, 0.25) is 0 Å². The Hall–Kier alpha value is -1.79. The first-order valence-corrected chi connectivity index (χ1v) is 10.5. The zero-order valence-electron chi connectivity index (χ0n) is 14.8. The van der Waals surface area contributed by atoms with Gasteiger partial charge in [0.15, 0.2) is 0 Å². The molecule has 4 nitrogen and oxygen atoms in total. The van der Waals surface area contributed by atoms with Crippen LogP contribution in [-0.4, -0.2) is 30.5 Å². The first-order valence-electron chi connectivity index (χ1n) is 8.21. The van der Waals surface area contributed by atoms with Crippen LogP contribution >= 0.6 is 23.1 Å². The molecule has 2 aromatic rings. The lowest BCUT2D eigenvalue weighted by Gasteiger charge is -2.09. The molecule has 0 radical (unpaired) electrons. The molecule has 0 saturated heterocycles. The fourth-order valence-electron chi connectivity index (χ4n) is 2.37. The number of thiophene rings is 1. The van der Waals surface area contributed by atoms with Crippen LogP contribution in [0.1, 0.15) is 35.7 Å². The summed E-state index contributed by atoms with van der Waals surface area (Å²) in [6, 6.07) is 7.96. The normalized spacial score (nSPS) is 10.5. The number of benzene rings is 1. The van der Waals surface area contributed by atoms with Crippen molar-refractivity contribution in [1.82, 2.24) is 0 Å². The number of esters is 1. The summed E-state index contributed by atoms with van der Waals surface area (Å²) < 4.78 is 5.21. The molecule has 25 heavy (non-hydrogen) atoms. The fourth-order valence-corrected chi connectivity index (χ4v) is 3.77. The van der Waals surface area contributed by atoms with Crippen molar-refractivity contribution in [3.8, 4) is 11.1 Å². The van der Waals surface area contributed by atoms with E-state index in [0.717, 1.165) is 28.9 Å². The lowest BCUT2D eigenvalue weighted by molar-refractivity contribution is -0.116. The summed E-state index contributed by atoms with van der Waals surface area (Å²) in [6.07, 6.45) is 3.28. The summed E-state index contributed by atoms with van der Waals surface area (Å²) in [5, 5.41) is 5.34. The van der Waals surface area contributed by atoms with Crippen LogP contribution < -0.4 is 5.32 Å². The van der Waals surface area contributed by atoms with Gasteiger partial charge >= 0.3 is 5.97 Å². The Morgan fingerprint density at radius 2 is 1.96 bits per heavy atom. The van der Waals surface area contributed by atoms with E-state index in [-0.39, 0.29) is 5.91 Å². The summed E-state index contributed by atoms with van der Waals surface area (Å²) in [6.45, 7) is 4.09. The summed E-state index contributed by atoms with van der Waals surface area (Å²) in [7, 11) is 0. The van der Waals surface area contributed by atoms with E-state index in [2.05, 4.69) is 5.32 Å². The maximum atomic E-state index is 12.5. The molecule has 1 heterocycles. The number of amides is 1. The van der Waals surface area contributed by atoms with Gasteiger partial charge in [-0.25, -0.2) is 4.79 Å². The van der Waals surface area contributed by atoms with E-state index < -0.39 is 5.97 Å². The van der Waals surface area contributed by atoms with Crippen molar-refractivity contribution in [2.75, 3.05) is 23.9 Å². The maximum absolute atomic E-state index is 12.5. The number of rotatable bonds is 8. The Balaban J connectivity index is 2.29. The third-order valence-electron chi connectivity index (χ3n) is 3.64. The summed E-state index contributed by atoms with van der Waals surface area (Å²) in [5.74, 6) is 0.465. The van der Waals surface area contributed by atoms with Crippen molar-refractivity contribution in [3.05, 3.63) is 40.8 Å². The van der Waals surface area contributed by atoms with Crippen molar-refractivity contribution in [1.29, 1.82) is 0 Å². The number of aryl methyl sites for hydroxylation is 1. The van der Waals surface area contributed by atoms with Crippen LogP contribution in [0.5, 0.6) is 0 Å². The second-order valence-corrected chi connectivity index (χ2v) is 7.45. The topological polar surface area (TPSA) is 55.4 Å². The number of hydrogen-bond donors (Lipinski definition) is 1. The first-order chi connectivity index (χ1) is 12.1. The number of nitrogens with one attached hydrogen (secondary N) is 1. The van der Waals surface area contributed by atoms with Gasteiger partial charge in [-0.2, -0.15) is 11.8 Å². The predicted octanol–water partition coefficient (Wildman–Crippen LogP) is 4.98. The van der Waals surface area contributed by atoms with Gasteiger partial charge in [0.05, 0.1) is 6.61 Å². The molecule has 0 fully saturated rings. The Kier molecular flexibility index (Phi) is 7.52. The second-order valence-electron chi connectivity index (χ2n) is 5.58. The Labute approximate surface area is 157 Å². The average Bonchev–Trinajstić information content (AvgIpc) is 2.99. The van der Waals surface area contributed by atoms with Crippen LogP contribution in [0.15, 0.2) is 29.6 Å². The second kappa shape index (κ2) is 9.63. The van der Waals surface area contributed by atoms with Gasteiger partial charge < -0.3 is 10.1 Å². The Bertz CT molecular complexity index is 723. The van der Waals surface area contributed by atoms with Crippen LogP contribution in [0.3, 0.4) is 0 Å². The van der Waals surface area contributed by atoms with E-state index in [4.69, 9.17) is 4.74 Å². The lowest BCUT2D eigenvalue weighted by Crippen LogP contribution is -2.14. The Morgan fingerprint density at radius 1 is 1.24 bits per heavy atom. The van der Waals surface area contributed by atoms with E-state index >= 15 is 0 Å². The highest BCUT2D eigenvalue weighted by Crippen LogP contribution is 2.36. The summed E-state index contributed by atoms with van der Waals surface area (Å²) in [5.41, 5.74) is 3.32. The van der Waals surface area contributed by atoms with E-state index in [1.165, 1.54) is 11.3 Å². The van der Waals surface area contributed by atoms with Crippen LogP contribution in [0.4, 0.5) is 5.00 Å². The number of hydrogen-bond acceptors (Lipinski definition) is 5. The standard InChI is InChI=1S/C19H23NO3S2/c1-4-23-19(22)17-15(14-9-7-13(2)8-10-14)12-25-18(17)20-16(21)6-5-11-24-3/h7-10,12H,4-6,11H2,1-3H3,(H,20,21). The zero-order valence-corrected chi connectivity index (χ0v) is 16.4. The fraction of sp³-hybridized carbons (Fsp3) is 0.368. The molecule has 0 atom stereocenters. The third kappa shape index (κ3) is 5.34. The molecule has 1 N–H and O–H groups in total. The zero-order chi connectivity index (χ0) is 18.2. The van der Waals surface area contributed by atoms with E-state index in [1.54, 1.807) is 18.7 Å². The molecule has 0 unspecified atom stereocenters. The first kappa shape index (κ1) is 19.5. The van der Waals surface area contributed by atoms with Crippen molar-refractivity contribution < 1.29 is 14.3 Å².